The Morgan fingerprint density at radius 3 is 2.31 bits per heavy atom. The van der Waals surface area contributed by atoms with Crippen LogP contribution in [0.15, 0.2) is 65.8 Å². The van der Waals surface area contributed by atoms with Gasteiger partial charge in [0, 0.05) is 43.6 Å². The molecule has 0 radical (unpaired) electrons. The average Bonchev–Trinajstić information content (AvgIpc) is 3.36. The molecule has 0 bridgehead atoms. The zero-order valence-electron chi connectivity index (χ0n) is 19.6. The Bertz CT molecular complexity index is 1260. The second kappa shape index (κ2) is 9.32. The van der Waals surface area contributed by atoms with Crippen LogP contribution in [0.25, 0.3) is 0 Å². The van der Waals surface area contributed by atoms with Gasteiger partial charge in [0.2, 0.25) is 5.91 Å². The maximum absolute atomic E-state index is 13.9. The maximum Gasteiger partial charge on any atom is 0.337 e. The summed E-state index contributed by atoms with van der Waals surface area (Å²) >= 11 is 0. The fourth-order valence-electron chi connectivity index (χ4n) is 4.85. The molecular weight excluding hydrogens is 449 g/mol. The number of carbonyl (C=O) groups is 2. The molecule has 0 N–H and O–H groups in total. The lowest BCUT2D eigenvalue weighted by atomic mass is 9.86. The first-order valence-electron chi connectivity index (χ1n) is 11.5. The Balaban J connectivity index is 1.39. The van der Waals surface area contributed by atoms with Crippen LogP contribution in [0, 0.1) is 11.7 Å². The zero-order valence-corrected chi connectivity index (χ0v) is 19.6. The number of halogens is 1. The molecule has 9 heteroatoms. The van der Waals surface area contributed by atoms with E-state index in [1.807, 2.05) is 30.0 Å². The second-order valence-electron chi connectivity index (χ2n) is 8.71. The monoisotopic (exact) mass is 475 g/mol. The number of fused-ring (bicyclic) bond motifs is 1. The molecule has 5 rings (SSSR count). The van der Waals surface area contributed by atoms with Crippen molar-refractivity contribution < 1.29 is 18.7 Å². The molecule has 0 saturated carbocycles. The number of nitrogens with zero attached hydrogens (tertiary/aromatic N) is 5. The van der Waals surface area contributed by atoms with E-state index in [0.29, 0.717) is 37.6 Å². The number of benzene rings is 2. The molecule has 1 fully saturated rings. The van der Waals surface area contributed by atoms with Gasteiger partial charge in [-0.25, -0.2) is 18.9 Å². The molecule has 0 aliphatic carbocycles. The number of carbonyl (C=O) groups excluding carboxylic acids is 2. The topological polar surface area (TPSA) is 80.0 Å². The molecule has 1 saturated heterocycles. The summed E-state index contributed by atoms with van der Waals surface area (Å²) in [6.07, 6.45) is 1.68. The average molecular weight is 476 g/mol. The van der Waals surface area contributed by atoms with Crippen LogP contribution in [0.5, 0.6) is 0 Å². The molecule has 0 spiro atoms. The van der Waals surface area contributed by atoms with E-state index in [2.05, 4.69) is 15.0 Å². The zero-order chi connectivity index (χ0) is 24.5. The lowest BCUT2D eigenvalue weighted by Crippen LogP contribution is -2.53. The standard InChI is InChI=1S/C26H26FN5O3/c1-17-23(25(33)31-15-13-30(14-16-31)21-9-7-20(27)8-10-21)24(32-22(29-17)11-12-28-32)18-3-5-19(6-4-18)26(34)35-2/h3-12,23-24H,13-16H2,1-2H3. The summed E-state index contributed by atoms with van der Waals surface area (Å²) in [5.41, 5.74) is 2.97. The Labute approximate surface area is 202 Å². The Morgan fingerprint density at radius 1 is 0.971 bits per heavy atom. The van der Waals surface area contributed by atoms with Crippen molar-refractivity contribution in [2.75, 3.05) is 38.2 Å². The summed E-state index contributed by atoms with van der Waals surface area (Å²) < 4.78 is 19.9. The van der Waals surface area contributed by atoms with Crippen molar-refractivity contribution >= 4 is 29.1 Å². The van der Waals surface area contributed by atoms with Crippen LogP contribution < -0.4 is 4.90 Å². The number of methoxy groups -OCH3 is 1. The fraction of sp³-hybridized carbons (Fsp3) is 0.308. The summed E-state index contributed by atoms with van der Waals surface area (Å²) in [7, 11) is 1.34. The lowest BCUT2D eigenvalue weighted by molar-refractivity contribution is -0.134. The van der Waals surface area contributed by atoms with E-state index in [9.17, 15) is 14.0 Å². The Morgan fingerprint density at radius 2 is 1.66 bits per heavy atom. The first kappa shape index (κ1) is 22.8. The van der Waals surface area contributed by atoms with Gasteiger partial charge in [-0.05, 0) is 48.9 Å². The predicted molar refractivity (Wildman–Crippen MR) is 130 cm³/mol. The summed E-state index contributed by atoms with van der Waals surface area (Å²) in [5, 5.41) is 4.47. The van der Waals surface area contributed by atoms with E-state index in [1.165, 1.54) is 19.2 Å². The van der Waals surface area contributed by atoms with Crippen LogP contribution in [-0.4, -0.2) is 65.6 Å². The largest absolute Gasteiger partial charge is 0.465 e. The number of piperazine rings is 1. The molecule has 2 atom stereocenters. The quantitative estimate of drug-likeness (QED) is 0.540. The van der Waals surface area contributed by atoms with Crippen molar-refractivity contribution in [2.45, 2.75) is 13.0 Å². The molecule has 35 heavy (non-hydrogen) atoms. The minimum absolute atomic E-state index is 0.00630. The minimum Gasteiger partial charge on any atom is -0.465 e. The van der Waals surface area contributed by atoms with Gasteiger partial charge < -0.3 is 14.5 Å². The van der Waals surface area contributed by atoms with Gasteiger partial charge >= 0.3 is 5.97 Å². The van der Waals surface area contributed by atoms with Crippen LogP contribution in [-0.2, 0) is 9.53 Å². The summed E-state index contributed by atoms with van der Waals surface area (Å²) in [6, 6.07) is 15.0. The normalized spacial score (nSPS) is 19.7. The van der Waals surface area contributed by atoms with Crippen molar-refractivity contribution in [3.8, 4) is 0 Å². The third-order valence-electron chi connectivity index (χ3n) is 6.69. The van der Waals surface area contributed by atoms with Gasteiger partial charge in [0.05, 0.1) is 24.9 Å². The second-order valence-corrected chi connectivity index (χ2v) is 8.71. The van der Waals surface area contributed by atoms with Gasteiger partial charge in [0.1, 0.15) is 11.7 Å². The van der Waals surface area contributed by atoms with Crippen LogP contribution in [0.2, 0.25) is 0 Å². The van der Waals surface area contributed by atoms with Crippen molar-refractivity contribution in [2.24, 2.45) is 10.9 Å². The van der Waals surface area contributed by atoms with Crippen LogP contribution >= 0.6 is 0 Å². The van der Waals surface area contributed by atoms with Gasteiger partial charge in [0.15, 0.2) is 5.82 Å². The molecule has 2 aromatic carbocycles. The highest BCUT2D eigenvalue weighted by Crippen LogP contribution is 2.37. The number of hydrogen-bond donors (Lipinski definition) is 0. The number of amides is 1. The number of hydrogen-bond acceptors (Lipinski definition) is 6. The number of rotatable bonds is 4. The number of aromatic nitrogens is 2. The molecule has 1 aromatic heterocycles. The number of anilines is 1. The molecule has 1 amide bonds. The van der Waals surface area contributed by atoms with E-state index < -0.39 is 11.9 Å². The van der Waals surface area contributed by atoms with Crippen molar-refractivity contribution in [3.63, 3.8) is 0 Å². The third-order valence-corrected chi connectivity index (χ3v) is 6.69. The van der Waals surface area contributed by atoms with Crippen LogP contribution in [0.4, 0.5) is 15.9 Å². The highest BCUT2D eigenvalue weighted by atomic mass is 19.1. The maximum atomic E-state index is 13.9. The van der Waals surface area contributed by atoms with E-state index in [0.717, 1.165) is 17.0 Å². The van der Waals surface area contributed by atoms with Crippen LogP contribution in [0.3, 0.4) is 0 Å². The molecule has 3 aromatic rings. The predicted octanol–water partition coefficient (Wildman–Crippen LogP) is 3.47. The molecule has 2 aliphatic heterocycles. The smallest absolute Gasteiger partial charge is 0.337 e. The first-order valence-corrected chi connectivity index (χ1v) is 11.5. The molecule has 180 valence electrons. The van der Waals surface area contributed by atoms with Crippen molar-refractivity contribution in [3.05, 3.63) is 77.7 Å². The van der Waals surface area contributed by atoms with Gasteiger partial charge in [-0.2, -0.15) is 5.10 Å². The Kier molecular flexibility index (Phi) is 6.07. The van der Waals surface area contributed by atoms with Crippen molar-refractivity contribution in [1.29, 1.82) is 0 Å². The molecule has 2 aliphatic rings. The van der Waals surface area contributed by atoms with E-state index in [1.54, 1.807) is 35.1 Å². The summed E-state index contributed by atoms with van der Waals surface area (Å²) in [5.74, 6) is -0.519. The number of esters is 1. The van der Waals surface area contributed by atoms with Gasteiger partial charge in [-0.1, -0.05) is 12.1 Å². The number of aliphatic imine (C=N–C) groups is 1. The molecule has 2 unspecified atom stereocenters. The van der Waals surface area contributed by atoms with Gasteiger partial charge in [-0.15, -0.1) is 0 Å². The van der Waals surface area contributed by atoms with Crippen LogP contribution in [0.1, 0.15) is 28.9 Å². The van der Waals surface area contributed by atoms with E-state index in [4.69, 9.17) is 4.74 Å². The number of ether oxygens (including phenoxy) is 1. The van der Waals surface area contributed by atoms with Gasteiger partial charge in [-0.3, -0.25) is 4.79 Å². The van der Waals surface area contributed by atoms with E-state index >= 15 is 0 Å². The molecule has 3 heterocycles. The first-order chi connectivity index (χ1) is 17.0. The third kappa shape index (κ3) is 4.29. The highest BCUT2D eigenvalue weighted by Gasteiger charge is 2.40. The summed E-state index contributed by atoms with van der Waals surface area (Å²) in [6.45, 7) is 4.31. The summed E-state index contributed by atoms with van der Waals surface area (Å²) in [4.78, 5) is 34.4. The molecular formula is C26H26FN5O3. The SMILES string of the molecule is COC(=O)c1ccc(C2C(C(=O)N3CCN(c4ccc(F)cc4)CC3)C(C)=Nc3ccnn32)cc1. The lowest BCUT2D eigenvalue weighted by Gasteiger charge is -2.40. The van der Waals surface area contributed by atoms with E-state index in [-0.39, 0.29) is 17.8 Å². The Hall–Kier alpha value is -4.01. The van der Waals surface area contributed by atoms with Crippen molar-refractivity contribution in [1.82, 2.24) is 14.7 Å². The van der Waals surface area contributed by atoms with Gasteiger partial charge in [0.25, 0.3) is 0 Å². The fourth-order valence-corrected chi connectivity index (χ4v) is 4.85. The molecule has 8 nitrogen and oxygen atoms in total. The highest BCUT2D eigenvalue weighted by molar-refractivity contribution is 6.05. The minimum atomic E-state index is -0.524.